The molecule has 42 heavy (non-hydrogen) atoms. The van der Waals surface area contributed by atoms with Crippen molar-refractivity contribution in [1.82, 2.24) is 0 Å². The molecule has 210 valence electrons. The fourth-order valence-corrected chi connectivity index (χ4v) is 4.50. The Bertz CT molecular complexity index is 1550. The maximum Gasteiger partial charge on any atom is 0.343 e. The molecule has 0 bridgehead atoms. The SMILES string of the molecule is N#CC1=CCC=C(OC(=O)c2ccc(CCCCCCCc3ccc(C(=O)Oc4ccc(C#N)cc4)cc3)cc2)C=C1. The number of allylic oxidation sites excluding steroid dienone is 5. The maximum absolute atomic E-state index is 12.5. The summed E-state index contributed by atoms with van der Waals surface area (Å²) in [5, 5.41) is 17.9. The van der Waals surface area contributed by atoms with Crippen LogP contribution in [0.2, 0.25) is 0 Å². The quantitative estimate of drug-likeness (QED) is 0.127. The van der Waals surface area contributed by atoms with Crippen LogP contribution in [-0.4, -0.2) is 11.9 Å². The number of carbonyl (C=O) groups excluding carboxylic acids is 2. The molecule has 3 aromatic carbocycles. The zero-order valence-electron chi connectivity index (χ0n) is 23.4. The Morgan fingerprint density at radius 2 is 1.17 bits per heavy atom. The topological polar surface area (TPSA) is 100 Å². The average molecular weight is 557 g/mol. The number of aryl methyl sites for hydroxylation is 2. The van der Waals surface area contributed by atoms with Gasteiger partial charge in [-0.2, -0.15) is 10.5 Å². The number of esters is 2. The van der Waals surface area contributed by atoms with Crippen LogP contribution in [0.1, 0.15) is 75.9 Å². The summed E-state index contributed by atoms with van der Waals surface area (Å²) < 4.78 is 10.8. The molecule has 6 nitrogen and oxygen atoms in total. The minimum absolute atomic E-state index is 0.407. The third-order valence-electron chi connectivity index (χ3n) is 6.93. The van der Waals surface area contributed by atoms with Gasteiger partial charge in [0.15, 0.2) is 0 Å². The molecular weight excluding hydrogens is 524 g/mol. The van der Waals surface area contributed by atoms with Crippen LogP contribution in [0.15, 0.2) is 108 Å². The number of nitrogens with zero attached hydrogens (tertiary/aromatic N) is 2. The van der Waals surface area contributed by atoms with Gasteiger partial charge in [-0.05, 0) is 110 Å². The lowest BCUT2D eigenvalue weighted by molar-refractivity contribution is 0.0635. The summed E-state index contributed by atoms with van der Waals surface area (Å²) in [6, 6.07) is 25.7. The highest BCUT2D eigenvalue weighted by molar-refractivity contribution is 5.91. The van der Waals surface area contributed by atoms with Crippen molar-refractivity contribution in [2.75, 3.05) is 0 Å². The molecule has 0 fully saturated rings. The van der Waals surface area contributed by atoms with Crippen LogP contribution in [0.25, 0.3) is 0 Å². The van der Waals surface area contributed by atoms with E-state index >= 15 is 0 Å². The van der Waals surface area contributed by atoms with Crippen LogP contribution in [0.3, 0.4) is 0 Å². The highest BCUT2D eigenvalue weighted by Crippen LogP contribution is 2.17. The maximum atomic E-state index is 12.5. The molecule has 1 aliphatic rings. The first-order valence-electron chi connectivity index (χ1n) is 14.1. The number of hydrogen-bond donors (Lipinski definition) is 0. The fraction of sp³-hybridized carbons (Fsp3) is 0.222. The van der Waals surface area contributed by atoms with Crippen molar-refractivity contribution in [3.8, 4) is 17.9 Å². The van der Waals surface area contributed by atoms with Crippen LogP contribution < -0.4 is 4.74 Å². The van der Waals surface area contributed by atoms with Gasteiger partial charge in [-0.25, -0.2) is 9.59 Å². The van der Waals surface area contributed by atoms with Gasteiger partial charge in [-0.1, -0.05) is 49.6 Å². The second-order valence-electron chi connectivity index (χ2n) is 10.0. The van der Waals surface area contributed by atoms with Crippen molar-refractivity contribution in [2.45, 2.75) is 51.4 Å². The highest BCUT2D eigenvalue weighted by Gasteiger charge is 2.11. The molecule has 0 unspecified atom stereocenters. The summed E-state index contributed by atoms with van der Waals surface area (Å²) in [5.41, 5.74) is 4.45. The number of hydrogen-bond acceptors (Lipinski definition) is 6. The average Bonchev–Trinajstić information content (AvgIpc) is 3.26. The number of carbonyl (C=O) groups is 2. The molecule has 0 radical (unpaired) electrons. The Morgan fingerprint density at radius 1 is 0.619 bits per heavy atom. The molecule has 3 aromatic rings. The molecule has 0 N–H and O–H groups in total. The predicted octanol–water partition coefficient (Wildman–Crippen LogP) is 7.96. The summed E-state index contributed by atoms with van der Waals surface area (Å²) in [6.45, 7) is 0. The van der Waals surface area contributed by atoms with Gasteiger partial charge in [0, 0.05) is 5.57 Å². The van der Waals surface area contributed by atoms with Crippen LogP contribution in [-0.2, 0) is 17.6 Å². The number of ether oxygens (including phenoxy) is 2. The molecule has 0 heterocycles. The molecule has 0 saturated carbocycles. The van der Waals surface area contributed by atoms with Gasteiger partial charge < -0.3 is 9.47 Å². The van der Waals surface area contributed by atoms with Crippen LogP contribution in [0.5, 0.6) is 5.75 Å². The van der Waals surface area contributed by atoms with E-state index in [1.807, 2.05) is 30.3 Å². The lowest BCUT2D eigenvalue weighted by Gasteiger charge is -2.07. The smallest absolute Gasteiger partial charge is 0.343 e. The second kappa shape index (κ2) is 15.6. The lowest BCUT2D eigenvalue weighted by atomic mass is 10.0. The number of rotatable bonds is 12. The molecule has 4 rings (SSSR count). The summed E-state index contributed by atoms with van der Waals surface area (Å²) in [4.78, 5) is 24.8. The van der Waals surface area contributed by atoms with Gasteiger partial charge in [0.2, 0.25) is 0 Å². The Kier molecular flexibility index (Phi) is 11.0. The van der Waals surface area contributed by atoms with Crippen LogP contribution in [0, 0.1) is 22.7 Å². The Hall–Kier alpha value is -5.20. The van der Waals surface area contributed by atoms with E-state index in [1.54, 1.807) is 72.8 Å². The van der Waals surface area contributed by atoms with Gasteiger partial charge in [0.25, 0.3) is 0 Å². The first kappa shape index (κ1) is 29.8. The van der Waals surface area contributed by atoms with Gasteiger partial charge in [-0.3, -0.25) is 0 Å². The van der Waals surface area contributed by atoms with E-state index in [0.717, 1.165) is 44.9 Å². The van der Waals surface area contributed by atoms with E-state index in [-0.39, 0.29) is 0 Å². The molecular formula is C36H32N2O4. The number of unbranched alkanes of at least 4 members (excludes halogenated alkanes) is 4. The summed E-state index contributed by atoms with van der Waals surface area (Å²) >= 11 is 0. The number of benzene rings is 3. The van der Waals surface area contributed by atoms with E-state index in [4.69, 9.17) is 20.0 Å². The third kappa shape index (κ3) is 9.18. The standard InChI is InChI=1S/C36H32N2O4/c37-25-29-9-6-10-33(22-15-29)41-35(39)31-18-11-27(12-19-31)7-4-2-1-3-5-8-28-13-20-32(21-14-28)36(40)42-34-23-16-30(26-38)17-24-34/h9-24H,1-8H2. The fourth-order valence-electron chi connectivity index (χ4n) is 4.50. The van der Waals surface area contributed by atoms with Crippen molar-refractivity contribution >= 4 is 11.9 Å². The first-order chi connectivity index (χ1) is 20.5. The second-order valence-corrected chi connectivity index (χ2v) is 10.0. The van der Waals surface area contributed by atoms with Crippen molar-refractivity contribution in [3.63, 3.8) is 0 Å². The summed E-state index contributed by atoms with van der Waals surface area (Å²) in [5.74, 6) is 0.0367. The molecule has 0 amide bonds. The van der Waals surface area contributed by atoms with Crippen molar-refractivity contribution in [1.29, 1.82) is 10.5 Å². The Labute approximate surface area is 246 Å². The van der Waals surface area contributed by atoms with E-state index in [2.05, 4.69) is 6.07 Å². The highest BCUT2D eigenvalue weighted by atomic mass is 16.5. The number of nitriles is 2. The van der Waals surface area contributed by atoms with E-state index in [9.17, 15) is 9.59 Å². The van der Waals surface area contributed by atoms with Gasteiger partial charge in [0.05, 0.1) is 28.8 Å². The largest absolute Gasteiger partial charge is 0.423 e. The van der Waals surface area contributed by atoms with E-state index in [1.165, 1.54) is 11.1 Å². The zero-order chi connectivity index (χ0) is 29.6. The summed E-state index contributed by atoms with van der Waals surface area (Å²) in [7, 11) is 0. The van der Waals surface area contributed by atoms with Gasteiger partial charge in [-0.15, -0.1) is 0 Å². The molecule has 0 aliphatic heterocycles. The lowest BCUT2D eigenvalue weighted by Crippen LogP contribution is -2.08. The normalized spacial score (nSPS) is 12.2. The molecule has 0 aromatic heterocycles. The van der Waals surface area contributed by atoms with Gasteiger partial charge in [0.1, 0.15) is 11.5 Å². The molecule has 0 atom stereocenters. The van der Waals surface area contributed by atoms with Crippen molar-refractivity contribution in [3.05, 3.63) is 136 Å². The Balaban J connectivity index is 1.09. The van der Waals surface area contributed by atoms with E-state index in [0.29, 0.717) is 40.2 Å². The molecule has 1 aliphatic carbocycles. The van der Waals surface area contributed by atoms with Crippen molar-refractivity contribution in [2.24, 2.45) is 0 Å². The van der Waals surface area contributed by atoms with Gasteiger partial charge >= 0.3 is 11.9 Å². The van der Waals surface area contributed by atoms with Crippen molar-refractivity contribution < 1.29 is 19.1 Å². The predicted molar refractivity (Wildman–Crippen MR) is 160 cm³/mol. The minimum Gasteiger partial charge on any atom is -0.423 e. The minimum atomic E-state index is -0.417. The van der Waals surface area contributed by atoms with E-state index < -0.39 is 11.9 Å². The zero-order valence-corrected chi connectivity index (χ0v) is 23.4. The molecule has 0 spiro atoms. The summed E-state index contributed by atoms with van der Waals surface area (Å²) in [6.07, 6.45) is 14.9. The monoisotopic (exact) mass is 556 g/mol. The van der Waals surface area contributed by atoms with Crippen LogP contribution in [0.4, 0.5) is 0 Å². The first-order valence-corrected chi connectivity index (χ1v) is 14.1. The molecule has 6 heteroatoms. The molecule has 0 saturated heterocycles. The Morgan fingerprint density at radius 3 is 1.71 bits per heavy atom. The third-order valence-corrected chi connectivity index (χ3v) is 6.93. The van der Waals surface area contributed by atoms with Crippen LogP contribution >= 0.6 is 0 Å².